The van der Waals surface area contributed by atoms with Gasteiger partial charge in [-0.05, 0) is 25.5 Å². The monoisotopic (exact) mass is 331 g/mol. The fourth-order valence-electron chi connectivity index (χ4n) is 3.00. The van der Waals surface area contributed by atoms with Crippen LogP contribution in [0.4, 0.5) is 4.79 Å². The lowest BCUT2D eigenvalue weighted by Crippen LogP contribution is -3.13. The molecule has 3 heterocycles. The summed E-state index contributed by atoms with van der Waals surface area (Å²) >= 11 is 0. The zero-order chi connectivity index (χ0) is 17.1. The smallest absolute Gasteiger partial charge is 0.410 e. The fourth-order valence-corrected chi connectivity index (χ4v) is 3.00. The van der Waals surface area contributed by atoms with E-state index in [1.165, 1.54) is 4.90 Å². The Morgan fingerprint density at radius 3 is 2.79 bits per heavy atom. The van der Waals surface area contributed by atoms with E-state index < -0.39 is 0 Å². The minimum absolute atomic E-state index is 0.0525. The van der Waals surface area contributed by atoms with Crippen molar-refractivity contribution in [2.75, 3.05) is 32.8 Å². The van der Waals surface area contributed by atoms with Crippen LogP contribution < -0.4 is 10.5 Å². The summed E-state index contributed by atoms with van der Waals surface area (Å²) < 4.78 is 6.61. The van der Waals surface area contributed by atoms with Gasteiger partial charge in [-0.15, -0.1) is 0 Å². The number of hydrogen-bond acceptors (Lipinski definition) is 4. The summed E-state index contributed by atoms with van der Waals surface area (Å²) in [5.41, 5.74) is 2.44. The Kier molecular flexibility index (Phi) is 4.80. The lowest BCUT2D eigenvalue weighted by atomic mass is 10.2. The number of nitrogens with one attached hydrogen (secondary N) is 1. The summed E-state index contributed by atoms with van der Waals surface area (Å²) in [7, 11) is 0. The van der Waals surface area contributed by atoms with E-state index in [0.717, 1.165) is 24.3 Å². The fraction of sp³-hybridized carbons (Fsp3) is 0.471. The molecule has 0 aromatic carbocycles. The van der Waals surface area contributed by atoms with Gasteiger partial charge in [0.2, 0.25) is 0 Å². The number of carbonyl (C=O) groups excluding carboxylic acids is 1. The Balaban J connectivity index is 1.67. The topological polar surface area (TPSA) is 68.3 Å². The Labute approximate surface area is 140 Å². The molecule has 0 radical (unpaired) electrons. The molecule has 1 fully saturated rings. The van der Waals surface area contributed by atoms with E-state index in [1.807, 2.05) is 26.0 Å². The second-order valence-corrected chi connectivity index (χ2v) is 6.13. The summed E-state index contributed by atoms with van der Waals surface area (Å²) in [6.45, 7) is 7.84. The molecule has 1 aliphatic rings. The number of quaternary nitrogens is 1. The quantitative estimate of drug-likeness (QED) is 0.850. The van der Waals surface area contributed by atoms with Crippen LogP contribution >= 0.6 is 0 Å². The Hall–Kier alpha value is -2.41. The molecule has 0 saturated carbocycles. The highest BCUT2D eigenvalue weighted by molar-refractivity contribution is 5.67. The van der Waals surface area contributed by atoms with Gasteiger partial charge in [-0.2, -0.15) is 0 Å². The van der Waals surface area contributed by atoms with Crippen LogP contribution in [0.5, 0.6) is 0 Å². The van der Waals surface area contributed by atoms with Crippen LogP contribution in [-0.4, -0.2) is 53.2 Å². The molecule has 0 unspecified atom stereocenters. The van der Waals surface area contributed by atoms with Crippen molar-refractivity contribution in [1.29, 1.82) is 0 Å². The third-order valence-electron chi connectivity index (χ3n) is 4.29. The van der Waals surface area contributed by atoms with Crippen molar-refractivity contribution in [2.24, 2.45) is 0 Å². The Bertz CT molecular complexity index is 794. The van der Waals surface area contributed by atoms with Crippen molar-refractivity contribution in [1.82, 2.24) is 14.3 Å². The van der Waals surface area contributed by atoms with Crippen molar-refractivity contribution < 1.29 is 14.4 Å². The van der Waals surface area contributed by atoms with Crippen molar-refractivity contribution >= 4 is 11.7 Å². The van der Waals surface area contributed by atoms with Crippen LogP contribution in [0.1, 0.15) is 18.2 Å². The molecule has 128 valence electrons. The second kappa shape index (κ2) is 7.00. The molecular weight excluding hydrogens is 308 g/mol. The van der Waals surface area contributed by atoms with E-state index in [2.05, 4.69) is 4.98 Å². The summed E-state index contributed by atoms with van der Waals surface area (Å²) in [6.07, 6.45) is 1.56. The first-order chi connectivity index (χ1) is 11.6. The molecule has 1 N–H and O–H groups in total. The van der Waals surface area contributed by atoms with Crippen molar-refractivity contribution in [2.45, 2.75) is 20.4 Å². The number of pyridine rings is 1. The van der Waals surface area contributed by atoms with Gasteiger partial charge in [0.05, 0.1) is 32.8 Å². The molecule has 1 amide bonds. The molecule has 24 heavy (non-hydrogen) atoms. The number of aromatic nitrogens is 2. The maximum Gasteiger partial charge on any atom is 0.410 e. The van der Waals surface area contributed by atoms with E-state index in [1.54, 1.807) is 21.6 Å². The third kappa shape index (κ3) is 3.56. The lowest BCUT2D eigenvalue weighted by Gasteiger charge is -2.31. The number of piperazine rings is 1. The number of amides is 1. The van der Waals surface area contributed by atoms with E-state index in [0.29, 0.717) is 31.9 Å². The van der Waals surface area contributed by atoms with E-state index in [-0.39, 0.29) is 11.7 Å². The SMILES string of the molecule is CCOC(=O)N1CC[NH+](Cc2cc(=O)n3cc(C)ccc3n2)CC1. The molecule has 2 aromatic rings. The Morgan fingerprint density at radius 1 is 1.33 bits per heavy atom. The predicted molar refractivity (Wildman–Crippen MR) is 89.2 cm³/mol. The lowest BCUT2D eigenvalue weighted by molar-refractivity contribution is -0.918. The van der Waals surface area contributed by atoms with Gasteiger partial charge >= 0.3 is 6.09 Å². The Morgan fingerprint density at radius 2 is 2.08 bits per heavy atom. The molecule has 0 atom stereocenters. The summed E-state index contributed by atoms with van der Waals surface area (Å²) in [5, 5.41) is 0. The number of carbonyl (C=O) groups is 1. The largest absolute Gasteiger partial charge is 0.450 e. The van der Waals surface area contributed by atoms with Gasteiger partial charge in [-0.25, -0.2) is 9.78 Å². The van der Waals surface area contributed by atoms with E-state index in [9.17, 15) is 9.59 Å². The third-order valence-corrected chi connectivity index (χ3v) is 4.29. The number of hydrogen-bond donors (Lipinski definition) is 1. The van der Waals surface area contributed by atoms with Crippen molar-refractivity contribution in [3.63, 3.8) is 0 Å². The summed E-state index contributed by atoms with van der Waals surface area (Å²) in [5.74, 6) is 0. The first kappa shape index (κ1) is 16.4. The maximum atomic E-state index is 12.3. The van der Waals surface area contributed by atoms with Gasteiger partial charge in [0.25, 0.3) is 5.56 Å². The number of rotatable bonds is 3. The highest BCUT2D eigenvalue weighted by atomic mass is 16.6. The molecule has 3 rings (SSSR count). The van der Waals surface area contributed by atoms with Crippen molar-refractivity contribution in [3.8, 4) is 0 Å². The molecule has 0 bridgehead atoms. The molecule has 7 nitrogen and oxygen atoms in total. The van der Waals surface area contributed by atoms with Gasteiger partial charge in [-0.3, -0.25) is 14.1 Å². The minimum Gasteiger partial charge on any atom is -0.450 e. The normalized spacial score (nSPS) is 15.7. The number of aryl methyl sites for hydroxylation is 1. The van der Waals surface area contributed by atoms with E-state index >= 15 is 0 Å². The minimum atomic E-state index is -0.242. The average molecular weight is 331 g/mol. The number of nitrogens with zero attached hydrogens (tertiary/aromatic N) is 3. The first-order valence-corrected chi connectivity index (χ1v) is 8.31. The van der Waals surface area contributed by atoms with Gasteiger partial charge in [0.15, 0.2) is 0 Å². The number of fused-ring (bicyclic) bond motifs is 1. The highest BCUT2D eigenvalue weighted by Crippen LogP contribution is 2.02. The second-order valence-electron chi connectivity index (χ2n) is 6.13. The first-order valence-electron chi connectivity index (χ1n) is 8.31. The molecule has 2 aromatic heterocycles. The molecule has 7 heteroatoms. The zero-order valence-electron chi connectivity index (χ0n) is 14.1. The predicted octanol–water partition coefficient (Wildman–Crippen LogP) is -0.140. The van der Waals surface area contributed by atoms with Gasteiger partial charge in [0, 0.05) is 12.3 Å². The van der Waals surface area contributed by atoms with Crippen LogP contribution in [0.25, 0.3) is 5.65 Å². The molecule has 1 aliphatic heterocycles. The van der Waals surface area contributed by atoms with Gasteiger partial charge in [0.1, 0.15) is 17.9 Å². The molecule has 0 aliphatic carbocycles. The van der Waals surface area contributed by atoms with Crippen molar-refractivity contribution in [3.05, 3.63) is 46.0 Å². The van der Waals surface area contributed by atoms with Crippen LogP contribution in [0.2, 0.25) is 0 Å². The molecule has 0 spiro atoms. The van der Waals surface area contributed by atoms with Crippen LogP contribution in [0.3, 0.4) is 0 Å². The van der Waals surface area contributed by atoms with Gasteiger partial charge < -0.3 is 9.64 Å². The number of ether oxygens (including phenoxy) is 1. The zero-order valence-corrected chi connectivity index (χ0v) is 14.1. The van der Waals surface area contributed by atoms with Crippen LogP contribution in [0.15, 0.2) is 29.2 Å². The van der Waals surface area contributed by atoms with Gasteiger partial charge in [-0.1, -0.05) is 6.07 Å². The van der Waals surface area contributed by atoms with Crippen LogP contribution in [-0.2, 0) is 11.3 Å². The standard InChI is InChI=1S/C17H22N4O3/c1-3-24-17(23)20-8-6-19(7-9-20)12-14-10-16(22)21-11-13(2)4-5-15(21)18-14/h4-5,10-11H,3,6-9,12H2,1-2H3/p+1. The average Bonchev–Trinajstić information content (AvgIpc) is 2.56. The van der Waals surface area contributed by atoms with Crippen LogP contribution in [0, 0.1) is 6.92 Å². The summed E-state index contributed by atoms with van der Waals surface area (Å²) in [4.78, 5) is 31.6. The maximum absolute atomic E-state index is 12.3. The molecule has 1 saturated heterocycles. The summed E-state index contributed by atoms with van der Waals surface area (Å²) in [6, 6.07) is 5.43. The molecular formula is C17H23N4O3+. The van der Waals surface area contributed by atoms with E-state index in [4.69, 9.17) is 4.74 Å². The highest BCUT2D eigenvalue weighted by Gasteiger charge is 2.24.